The maximum atomic E-state index is 12.0. The Morgan fingerprint density at radius 1 is 1.19 bits per heavy atom. The molecule has 0 atom stereocenters. The Morgan fingerprint density at radius 2 is 1.81 bits per heavy atom. The van der Waals surface area contributed by atoms with E-state index in [1.807, 2.05) is 0 Å². The van der Waals surface area contributed by atoms with Gasteiger partial charge < -0.3 is 15.7 Å². The summed E-state index contributed by atoms with van der Waals surface area (Å²) in [7, 11) is 0. The summed E-state index contributed by atoms with van der Waals surface area (Å²) in [5.74, 6) is -0.219. The molecule has 21 heavy (non-hydrogen) atoms. The molecule has 1 aliphatic rings. The third kappa shape index (κ3) is 4.33. The van der Waals surface area contributed by atoms with Crippen molar-refractivity contribution in [2.24, 2.45) is 0 Å². The molecule has 1 aromatic rings. The van der Waals surface area contributed by atoms with Crippen LogP contribution in [0.5, 0.6) is 0 Å². The summed E-state index contributed by atoms with van der Waals surface area (Å²) >= 11 is 12.0. The van der Waals surface area contributed by atoms with Gasteiger partial charge in [0.15, 0.2) is 0 Å². The average Bonchev–Trinajstić information content (AvgIpc) is 2.50. The molecule has 0 bridgehead atoms. The SMILES string of the molecule is O=C(CNC1(CO)CCCCC1)Nc1c(Cl)cccc1Cl. The predicted molar refractivity (Wildman–Crippen MR) is 86.0 cm³/mol. The van der Waals surface area contributed by atoms with Crippen molar-refractivity contribution < 1.29 is 9.90 Å². The van der Waals surface area contributed by atoms with Crippen molar-refractivity contribution in [3.05, 3.63) is 28.2 Å². The molecule has 0 aliphatic heterocycles. The van der Waals surface area contributed by atoms with Crippen LogP contribution in [0.25, 0.3) is 0 Å². The van der Waals surface area contributed by atoms with Gasteiger partial charge in [0, 0.05) is 5.54 Å². The first-order valence-corrected chi connectivity index (χ1v) is 7.92. The Labute approximate surface area is 134 Å². The van der Waals surface area contributed by atoms with Gasteiger partial charge in [0.1, 0.15) is 0 Å². The maximum Gasteiger partial charge on any atom is 0.238 e. The summed E-state index contributed by atoms with van der Waals surface area (Å²) in [6.07, 6.45) is 5.12. The summed E-state index contributed by atoms with van der Waals surface area (Å²) in [5.41, 5.74) is 0.0918. The van der Waals surface area contributed by atoms with Crippen molar-refractivity contribution in [3.8, 4) is 0 Å². The molecule has 1 aromatic carbocycles. The second-order valence-corrected chi connectivity index (χ2v) is 6.31. The van der Waals surface area contributed by atoms with E-state index >= 15 is 0 Å². The van der Waals surface area contributed by atoms with Crippen LogP contribution in [0, 0.1) is 0 Å². The van der Waals surface area contributed by atoms with Crippen molar-refractivity contribution in [1.82, 2.24) is 5.32 Å². The minimum Gasteiger partial charge on any atom is -0.394 e. The minimum atomic E-state index is -0.333. The molecule has 1 aliphatic carbocycles. The normalized spacial score (nSPS) is 17.5. The van der Waals surface area contributed by atoms with E-state index in [9.17, 15) is 9.90 Å². The van der Waals surface area contributed by atoms with E-state index in [0.29, 0.717) is 15.7 Å². The highest BCUT2D eigenvalue weighted by Gasteiger charge is 2.31. The number of rotatable bonds is 5. The number of carbonyl (C=O) groups is 1. The van der Waals surface area contributed by atoms with E-state index in [-0.39, 0.29) is 24.6 Å². The Bertz CT molecular complexity index is 482. The van der Waals surface area contributed by atoms with Gasteiger partial charge in [-0.25, -0.2) is 0 Å². The number of carbonyl (C=O) groups excluding carboxylic acids is 1. The zero-order chi connectivity index (χ0) is 15.3. The molecule has 3 N–H and O–H groups in total. The van der Waals surface area contributed by atoms with Crippen LogP contribution in [0.2, 0.25) is 10.0 Å². The molecule has 116 valence electrons. The molecule has 2 rings (SSSR count). The fourth-order valence-electron chi connectivity index (χ4n) is 2.69. The van der Waals surface area contributed by atoms with Gasteiger partial charge in [-0.3, -0.25) is 4.79 Å². The van der Waals surface area contributed by atoms with Gasteiger partial charge in [0.2, 0.25) is 5.91 Å². The van der Waals surface area contributed by atoms with E-state index in [2.05, 4.69) is 10.6 Å². The van der Waals surface area contributed by atoms with Crippen LogP contribution >= 0.6 is 23.2 Å². The van der Waals surface area contributed by atoms with Gasteiger partial charge in [-0.1, -0.05) is 48.5 Å². The highest BCUT2D eigenvalue weighted by molar-refractivity contribution is 6.39. The lowest BCUT2D eigenvalue weighted by atomic mass is 9.82. The topological polar surface area (TPSA) is 61.4 Å². The molecule has 1 amide bonds. The molecule has 1 saturated carbocycles. The lowest BCUT2D eigenvalue weighted by molar-refractivity contribution is -0.116. The standard InChI is InChI=1S/C15H20Cl2N2O2/c16-11-5-4-6-12(17)14(11)19-13(21)9-18-15(10-20)7-2-1-3-8-15/h4-6,18,20H,1-3,7-10H2,(H,19,21). The van der Waals surface area contributed by atoms with Crippen molar-refractivity contribution in [3.63, 3.8) is 0 Å². The fraction of sp³-hybridized carbons (Fsp3) is 0.533. The van der Waals surface area contributed by atoms with E-state index in [4.69, 9.17) is 23.2 Å². The summed E-state index contributed by atoms with van der Waals surface area (Å²) in [4.78, 5) is 12.0. The van der Waals surface area contributed by atoms with Crippen molar-refractivity contribution in [2.75, 3.05) is 18.5 Å². The first-order chi connectivity index (χ1) is 10.1. The zero-order valence-corrected chi connectivity index (χ0v) is 13.3. The number of benzene rings is 1. The monoisotopic (exact) mass is 330 g/mol. The molecule has 1 fully saturated rings. The Hall–Kier alpha value is -0.810. The number of halogens is 2. The Morgan fingerprint density at radius 3 is 2.38 bits per heavy atom. The second kappa shape index (κ2) is 7.45. The number of para-hydroxylation sites is 1. The number of aliphatic hydroxyl groups excluding tert-OH is 1. The van der Waals surface area contributed by atoms with Crippen molar-refractivity contribution in [1.29, 1.82) is 0 Å². The van der Waals surface area contributed by atoms with Gasteiger partial charge in [-0.2, -0.15) is 0 Å². The highest BCUT2D eigenvalue weighted by atomic mass is 35.5. The van der Waals surface area contributed by atoms with E-state index in [1.165, 1.54) is 6.42 Å². The van der Waals surface area contributed by atoms with Crippen LogP contribution in [0.1, 0.15) is 32.1 Å². The average molecular weight is 331 g/mol. The smallest absolute Gasteiger partial charge is 0.238 e. The molecule has 0 spiro atoms. The van der Waals surface area contributed by atoms with Crippen molar-refractivity contribution >= 4 is 34.8 Å². The van der Waals surface area contributed by atoms with Crippen LogP contribution in [0.3, 0.4) is 0 Å². The van der Waals surface area contributed by atoms with Crippen LogP contribution in [-0.4, -0.2) is 29.7 Å². The van der Waals surface area contributed by atoms with Gasteiger partial charge in [0.25, 0.3) is 0 Å². The minimum absolute atomic E-state index is 0.0487. The van der Waals surface area contributed by atoms with Crippen LogP contribution in [0.15, 0.2) is 18.2 Å². The first-order valence-electron chi connectivity index (χ1n) is 7.16. The quantitative estimate of drug-likeness (QED) is 0.776. The maximum absolute atomic E-state index is 12.0. The third-order valence-electron chi connectivity index (χ3n) is 3.96. The van der Waals surface area contributed by atoms with Crippen molar-refractivity contribution in [2.45, 2.75) is 37.6 Å². The first kappa shape index (κ1) is 16.6. The van der Waals surface area contributed by atoms with Crippen LogP contribution in [-0.2, 0) is 4.79 Å². The number of nitrogens with one attached hydrogen (secondary N) is 2. The number of aliphatic hydroxyl groups is 1. The molecule has 0 heterocycles. The summed E-state index contributed by atoms with van der Waals surface area (Å²) in [6.45, 7) is 0.176. The molecule has 0 radical (unpaired) electrons. The number of hydrogen-bond acceptors (Lipinski definition) is 3. The van der Waals surface area contributed by atoms with Gasteiger partial charge in [0.05, 0.1) is 28.9 Å². The molecule has 4 nitrogen and oxygen atoms in total. The Kier molecular flexibility index (Phi) is 5.88. The van der Waals surface area contributed by atoms with E-state index in [1.54, 1.807) is 18.2 Å². The summed E-state index contributed by atoms with van der Waals surface area (Å²) in [6, 6.07) is 5.07. The van der Waals surface area contributed by atoms with Crippen LogP contribution in [0.4, 0.5) is 5.69 Å². The third-order valence-corrected chi connectivity index (χ3v) is 4.59. The number of anilines is 1. The Balaban J connectivity index is 1.93. The molecular weight excluding hydrogens is 311 g/mol. The largest absolute Gasteiger partial charge is 0.394 e. The lowest BCUT2D eigenvalue weighted by Crippen LogP contribution is -2.52. The number of amides is 1. The van der Waals surface area contributed by atoms with Crippen LogP contribution < -0.4 is 10.6 Å². The highest BCUT2D eigenvalue weighted by Crippen LogP contribution is 2.30. The lowest BCUT2D eigenvalue weighted by Gasteiger charge is -2.36. The van der Waals surface area contributed by atoms with Gasteiger partial charge >= 0.3 is 0 Å². The second-order valence-electron chi connectivity index (χ2n) is 5.50. The van der Waals surface area contributed by atoms with Gasteiger partial charge in [-0.05, 0) is 25.0 Å². The van der Waals surface area contributed by atoms with E-state index < -0.39 is 0 Å². The predicted octanol–water partition coefficient (Wildman–Crippen LogP) is 3.22. The van der Waals surface area contributed by atoms with Gasteiger partial charge in [-0.15, -0.1) is 0 Å². The molecular formula is C15H20Cl2N2O2. The molecule has 0 unspecified atom stereocenters. The molecule has 0 saturated heterocycles. The fourth-order valence-corrected chi connectivity index (χ4v) is 3.18. The summed E-state index contributed by atoms with van der Waals surface area (Å²) < 4.78 is 0. The molecule has 6 heteroatoms. The molecule has 0 aromatic heterocycles. The number of hydrogen-bond donors (Lipinski definition) is 3. The zero-order valence-electron chi connectivity index (χ0n) is 11.8. The summed E-state index contributed by atoms with van der Waals surface area (Å²) in [5, 5.41) is 16.3. The van der Waals surface area contributed by atoms with E-state index in [0.717, 1.165) is 25.7 Å².